The van der Waals surface area contributed by atoms with Crippen molar-refractivity contribution in [1.29, 1.82) is 0 Å². The summed E-state index contributed by atoms with van der Waals surface area (Å²) in [5.41, 5.74) is 4.24. The summed E-state index contributed by atoms with van der Waals surface area (Å²) in [7, 11) is 0. The molecule has 0 heteroatoms. The van der Waals surface area contributed by atoms with Crippen LogP contribution in [0.4, 0.5) is 0 Å². The van der Waals surface area contributed by atoms with E-state index in [0.717, 1.165) is 5.92 Å². The van der Waals surface area contributed by atoms with Gasteiger partial charge in [-0.1, -0.05) is 52.3 Å². The van der Waals surface area contributed by atoms with Crippen LogP contribution in [0.25, 0.3) is 0 Å². The summed E-state index contributed by atoms with van der Waals surface area (Å²) in [6.45, 7) is 12.0. The molecular formula is C15H24. The molecule has 0 saturated carbocycles. The van der Waals surface area contributed by atoms with Crippen molar-refractivity contribution in [3.8, 4) is 0 Å². The summed E-state index contributed by atoms with van der Waals surface area (Å²) in [6.07, 6.45) is 8.70. The Balaban J connectivity index is 2.51. The molecule has 0 heterocycles. The highest BCUT2D eigenvalue weighted by Crippen LogP contribution is 2.59. The van der Waals surface area contributed by atoms with E-state index in [1.54, 1.807) is 11.1 Å². The van der Waals surface area contributed by atoms with Crippen LogP contribution in [-0.4, -0.2) is 0 Å². The van der Waals surface area contributed by atoms with Crippen LogP contribution in [0.1, 0.15) is 53.9 Å². The predicted molar refractivity (Wildman–Crippen MR) is 66.7 cm³/mol. The molecule has 0 N–H and O–H groups in total. The number of hydrogen-bond donors (Lipinski definition) is 0. The third-order valence-corrected chi connectivity index (χ3v) is 4.94. The van der Waals surface area contributed by atoms with Crippen molar-refractivity contribution < 1.29 is 0 Å². The van der Waals surface area contributed by atoms with Gasteiger partial charge in [-0.3, -0.25) is 0 Å². The summed E-state index contributed by atoms with van der Waals surface area (Å²) < 4.78 is 0. The maximum Gasteiger partial charge on any atom is -0.00186 e. The first-order valence-electron chi connectivity index (χ1n) is 6.28. The third kappa shape index (κ3) is 1.41. The first-order valence-corrected chi connectivity index (χ1v) is 6.28. The van der Waals surface area contributed by atoms with Gasteiger partial charge in [-0.25, -0.2) is 0 Å². The van der Waals surface area contributed by atoms with Gasteiger partial charge >= 0.3 is 0 Å². The number of rotatable bonds is 1. The van der Waals surface area contributed by atoms with Crippen LogP contribution in [0.3, 0.4) is 0 Å². The molecule has 0 aromatic rings. The van der Waals surface area contributed by atoms with Gasteiger partial charge in [-0.05, 0) is 41.6 Å². The molecule has 2 aliphatic carbocycles. The Kier molecular flexibility index (Phi) is 2.37. The molecule has 0 aliphatic heterocycles. The Bertz CT molecular complexity index is 328. The minimum atomic E-state index is 0.432. The Hall–Kier alpha value is -0.520. The molecule has 1 unspecified atom stereocenters. The minimum Gasteiger partial charge on any atom is -0.0837 e. The Morgan fingerprint density at radius 3 is 2.47 bits per heavy atom. The molecule has 0 aromatic heterocycles. The van der Waals surface area contributed by atoms with Gasteiger partial charge in [0, 0.05) is 0 Å². The van der Waals surface area contributed by atoms with Crippen molar-refractivity contribution >= 4 is 0 Å². The molecule has 0 saturated heterocycles. The van der Waals surface area contributed by atoms with Crippen molar-refractivity contribution in [2.75, 3.05) is 0 Å². The number of hydrogen-bond acceptors (Lipinski definition) is 0. The summed E-state index contributed by atoms with van der Waals surface area (Å²) in [4.78, 5) is 0. The second-order valence-corrected chi connectivity index (χ2v) is 6.42. The van der Waals surface area contributed by atoms with E-state index in [2.05, 4.69) is 46.8 Å². The Labute approximate surface area is 94.5 Å². The van der Waals surface area contributed by atoms with Crippen LogP contribution in [0, 0.1) is 16.7 Å². The fourth-order valence-corrected chi connectivity index (χ4v) is 3.30. The highest BCUT2D eigenvalue weighted by molar-refractivity contribution is 5.41. The van der Waals surface area contributed by atoms with Crippen LogP contribution in [0.15, 0.2) is 23.3 Å². The minimum absolute atomic E-state index is 0.432. The van der Waals surface area contributed by atoms with E-state index in [1.807, 2.05) is 0 Å². The molecule has 2 rings (SSSR count). The van der Waals surface area contributed by atoms with Crippen molar-refractivity contribution in [2.24, 2.45) is 16.7 Å². The topological polar surface area (TPSA) is 0 Å². The molecule has 1 atom stereocenters. The van der Waals surface area contributed by atoms with Crippen LogP contribution < -0.4 is 0 Å². The summed E-state index contributed by atoms with van der Waals surface area (Å²) in [5.74, 6) is 0.723. The van der Waals surface area contributed by atoms with Gasteiger partial charge in [0.25, 0.3) is 0 Å². The molecule has 0 aromatic carbocycles. The quantitative estimate of drug-likeness (QED) is 0.579. The fraction of sp³-hybridized carbons (Fsp3) is 0.733. The lowest BCUT2D eigenvalue weighted by molar-refractivity contribution is 0.131. The van der Waals surface area contributed by atoms with Crippen LogP contribution >= 0.6 is 0 Å². The van der Waals surface area contributed by atoms with Gasteiger partial charge in [-0.15, -0.1) is 0 Å². The zero-order chi connectivity index (χ0) is 11.3. The Morgan fingerprint density at radius 1 is 1.20 bits per heavy atom. The molecule has 0 radical (unpaired) electrons. The first kappa shape index (κ1) is 11.0. The monoisotopic (exact) mass is 204 g/mol. The summed E-state index contributed by atoms with van der Waals surface area (Å²) in [6, 6.07) is 0. The molecule has 0 spiro atoms. The fourth-order valence-electron chi connectivity index (χ4n) is 3.30. The van der Waals surface area contributed by atoms with Gasteiger partial charge in [0.2, 0.25) is 0 Å². The van der Waals surface area contributed by atoms with Crippen LogP contribution in [0.5, 0.6) is 0 Å². The average Bonchev–Trinajstić information content (AvgIpc) is 2.45. The standard InChI is InChI=1S/C15H24/c1-11(2)12-8-10-15(5)13(12)7-6-9-14(15,3)4/h6-7,11H,8-10H2,1-5H3. The predicted octanol–water partition coefficient (Wildman–Crippen LogP) is 4.73. The van der Waals surface area contributed by atoms with E-state index in [1.165, 1.54) is 19.3 Å². The highest BCUT2D eigenvalue weighted by atomic mass is 14.5. The normalized spacial score (nSPS) is 33.7. The molecule has 84 valence electrons. The van der Waals surface area contributed by atoms with Gasteiger partial charge < -0.3 is 0 Å². The van der Waals surface area contributed by atoms with Crippen LogP contribution in [-0.2, 0) is 0 Å². The van der Waals surface area contributed by atoms with Crippen molar-refractivity contribution in [3.05, 3.63) is 23.3 Å². The highest BCUT2D eigenvalue weighted by Gasteiger charge is 2.47. The summed E-state index contributed by atoms with van der Waals surface area (Å²) >= 11 is 0. The number of fused-ring (bicyclic) bond motifs is 1. The van der Waals surface area contributed by atoms with E-state index in [4.69, 9.17) is 0 Å². The van der Waals surface area contributed by atoms with Crippen molar-refractivity contribution in [3.63, 3.8) is 0 Å². The van der Waals surface area contributed by atoms with Crippen LogP contribution in [0.2, 0.25) is 0 Å². The Morgan fingerprint density at radius 2 is 1.87 bits per heavy atom. The SMILES string of the molecule is CC(C)C1=C2C=CCC(C)(C)C2(C)CC1. The van der Waals surface area contributed by atoms with E-state index in [0.29, 0.717) is 10.8 Å². The van der Waals surface area contributed by atoms with Crippen molar-refractivity contribution in [2.45, 2.75) is 53.9 Å². The third-order valence-electron chi connectivity index (χ3n) is 4.94. The van der Waals surface area contributed by atoms with Gasteiger partial charge in [0.15, 0.2) is 0 Å². The molecule has 0 nitrogen and oxygen atoms in total. The second kappa shape index (κ2) is 3.23. The molecular weight excluding hydrogens is 180 g/mol. The zero-order valence-electron chi connectivity index (χ0n) is 10.9. The number of allylic oxidation sites excluding steroid dienone is 4. The van der Waals surface area contributed by atoms with E-state index in [-0.39, 0.29) is 0 Å². The molecule has 15 heavy (non-hydrogen) atoms. The van der Waals surface area contributed by atoms with E-state index < -0.39 is 0 Å². The maximum atomic E-state index is 2.47. The maximum absolute atomic E-state index is 2.47. The summed E-state index contributed by atoms with van der Waals surface area (Å²) in [5, 5.41) is 0. The first-order chi connectivity index (χ1) is 6.88. The van der Waals surface area contributed by atoms with Gasteiger partial charge in [0.05, 0.1) is 0 Å². The second-order valence-electron chi connectivity index (χ2n) is 6.42. The molecule has 2 aliphatic rings. The smallest absolute Gasteiger partial charge is 0.00186 e. The van der Waals surface area contributed by atoms with E-state index >= 15 is 0 Å². The zero-order valence-corrected chi connectivity index (χ0v) is 10.9. The lowest BCUT2D eigenvalue weighted by Crippen LogP contribution is -2.36. The van der Waals surface area contributed by atoms with Gasteiger partial charge in [0.1, 0.15) is 0 Å². The van der Waals surface area contributed by atoms with E-state index in [9.17, 15) is 0 Å². The lowest BCUT2D eigenvalue weighted by Gasteiger charge is -2.45. The lowest BCUT2D eigenvalue weighted by atomic mass is 9.59. The largest absolute Gasteiger partial charge is 0.0837 e. The molecule has 0 fully saturated rings. The van der Waals surface area contributed by atoms with Gasteiger partial charge in [-0.2, -0.15) is 0 Å². The van der Waals surface area contributed by atoms with Crippen molar-refractivity contribution in [1.82, 2.24) is 0 Å². The molecule has 0 amide bonds. The molecule has 0 bridgehead atoms. The average molecular weight is 204 g/mol.